The second kappa shape index (κ2) is 9.31. The normalized spacial score (nSPS) is 14.2. The number of nitrogens with one attached hydrogen (secondary N) is 2. The van der Waals surface area contributed by atoms with Crippen molar-refractivity contribution in [3.05, 3.63) is 54.6 Å². The highest BCUT2D eigenvalue weighted by atomic mass is 19.4. The van der Waals surface area contributed by atoms with Gasteiger partial charge in [-0.1, -0.05) is 12.1 Å². The maximum atomic E-state index is 12.6. The molecule has 0 radical (unpaired) electrons. The van der Waals surface area contributed by atoms with Gasteiger partial charge in [-0.3, -0.25) is 0 Å². The average molecular weight is 445 g/mol. The number of alkyl halides is 3. The molecule has 1 fully saturated rings. The van der Waals surface area contributed by atoms with Gasteiger partial charge in [0.1, 0.15) is 11.6 Å². The summed E-state index contributed by atoms with van der Waals surface area (Å²) in [5, 5.41) is 6.10. The van der Waals surface area contributed by atoms with Crippen LogP contribution in [0.25, 0.3) is 11.3 Å². The summed E-state index contributed by atoms with van der Waals surface area (Å²) >= 11 is 0. The van der Waals surface area contributed by atoms with Crippen LogP contribution in [0.1, 0.15) is 0 Å². The fraction of sp³-hybridized carbons (Fsp3) is 0.273. The van der Waals surface area contributed by atoms with E-state index in [2.05, 4.69) is 30.2 Å². The molecule has 2 aromatic carbocycles. The first-order valence-corrected chi connectivity index (χ1v) is 10.0. The quantitative estimate of drug-likeness (QED) is 0.572. The van der Waals surface area contributed by atoms with Crippen molar-refractivity contribution in [1.82, 2.24) is 9.97 Å². The predicted molar refractivity (Wildman–Crippen MR) is 116 cm³/mol. The Labute approximate surface area is 183 Å². The van der Waals surface area contributed by atoms with Gasteiger partial charge >= 0.3 is 6.36 Å². The minimum absolute atomic E-state index is 0.312. The molecule has 0 saturated carbocycles. The van der Waals surface area contributed by atoms with Gasteiger partial charge < -0.3 is 25.0 Å². The third kappa shape index (κ3) is 5.58. The van der Waals surface area contributed by atoms with Gasteiger partial charge in [-0.2, -0.15) is 4.98 Å². The smallest absolute Gasteiger partial charge is 0.406 e. The molecule has 0 aliphatic carbocycles. The van der Waals surface area contributed by atoms with Crippen molar-refractivity contribution in [3.8, 4) is 17.0 Å². The van der Waals surface area contributed by atoms with E-state index >= 15 is 0 Å². The van der Waals surface area contributed by atoms with E-state index in [0.717, 1.165) is 24.5 Å². The molecular formula is C22H22F3N5O2. The standard InChI is InChI=1S/C22H22F3N5O2/c1-26-21-28-19(15-3-2-4-18(13-15)32-22(23,24)25)14-20(29-21)27-16-5-7-17(8-6-16)30-9-11-31-12-10-30/h2-8,13-14H,9-12H2,1H3,(H2,26,27,28,29). The van der Waals surface area contributed by atoms with Crippen LogP contribution in [-0.2, 0) is 4.74 Å². The Morgan fingerprint density at radius 2 is 1.75 bits per heavy atom. The van der Waals surface area contributed by atoms with Crippen LogP contribution in [-0.4, -0.2) is 49.7 Å². The van der Waals surface area contributed by atoms with Gasteiger partial charge in [0.15, 0.2) is 0 Å². The first-order chi connectivity index (χ1) is 15.4. The van der Waals surface area contributed by atoms with Crippen molar-refractivity contribution in [2.45, 2.75) is 6.36 Å². The minimum atomic E-state index is -4.76. The highest BCUT2D eigenvalue weighted by molar-refractivity contribution is 5.69. The van der Waals surface area contributed by atoms with Gasteiger partial charge in [-0.15, -0.1) is 13.2 Å². The molecule has 7 nitrogen and oxygen atoms in total. The third-order valence-electron chi connectivity index (χ3n) is 4.83. The molecule has 0 bridgehead atoms. The van der Waals surface area contributed by atoms with Gasteiger partial charge in [0, 0.05) is 43.1 Å². The molecule has 1 saturated heterocycles. The fourth-order valence-corrected chi connectivity index (χ4v) is 3.35. The van der Waals surface area contributed by atoms with Crippen LogP contribution in [0.4, 0.5) is 36.3 Å². The van der Waals surface area contributed by atoms with Gasteiger partial charge in [-0.25, -0.2) is 4.98 Å². The molecule has 0 unspecified atom stereocenters. The molecule has 32 heavy (non-hydrogen) atoms. The molecule has 1 aromatic heterocycles. The van der Waals surface area contributed by atoms with Crippen molar-refractivity contribution in [2.75, 3.05) is 48.9 Å². The number of anilines is 4. The van der Waals surface area contributed by atoms with E-state index in [4.69, 9.17) is 4.74 Å². The Morgan fingerprint density at radius 3 is 2.44 bits per heavy atom. The Balaban J connectivity index is 1.55. The summed E-state index contributed by atoms with van der Waals surface area (Å²) in [6.45, 7) is 3.13. The monoisotopic (exact) mass is 445 g/mol. The summed E-state index contributed by atoms with van der Waals surface area (Å²) in [7, 11) is 1.67. The van der Waals surface area contributed by atoms with Gasteiger partial charge in [0.05, 0.1) is 18.9 Å². The van der Waals surface area contributed by atoms with E-state index in [1.807, 2.05) is 24.3 Å². The molecule has 2 N–H and O–H groups in total. The fourth-order valence-electron chi connectivity index (χ4n) is 3.35. The van der Waals surface area contributed by atoms with Crippen LogP contribution in [0, 0.1) is 0 Å². The molecule has 2 heterocycles. The summed E-state index contributed by atoms with van der Waals surface area (Å²) in [5.41, 5.74) is 2.85. The van der Waals surface area contributed by atoms with Crippen LogP contribution in [0.5, 0.6) is 5.75 Å². The van der Waals surface area contributed by atoms with Crippen LogP contribution in [0.2, 0.25) is 0 Å². The van der Waals surface area contributed by atoms with E-state index < -0.39 is 6.36 Å². The average Bonchev–Trinajstić information content (AvgIpc) is 2.79. The van der Waals surface area contributed by atoms with Crippen molar-refractivity contribution in [1.29, 1.82) is 0 Å². The number of nitrogens with zero attached hydrogens (tertiary/aromatic N) is 3. The van der Waals surface area contributed by atoms with E-state index in [1.165, 1.54) is 18.2 Å². The number of aromatic nitrogens is 2. The second-order valence-corrected chi connectivity index (χ2v) is 7.06. The maximum absolute atomic E-state index is 12.6. The maximum Gasteiger partial charge on any atom is 0.573 e. The first-order valence-electron chi connectivity index (χ1n) is 10.0. The number of morpholine rings is 1. The van der Waals surface area contributed by atoms with E-state index in [0.29, 0.717) is 36.2 Å². The zero-order chi connectivity index (χ0) is 22.6. The van der Waals surface area contributed by atoms with Gasteiger partial charge in [-0.05, 0) is 36.4 Å². The molecule has 3 aromatic rings. The molecule has 168 valence electrons. The predicted octanol–water partition coefficient (Wildman–Crippen LogP) is 4.66. The molecule has 1 aliphatic heterocycles. The number of ether oxygens (including phenoxy) is 2. The SMILES string of the molecule is CNc1nc(Nc2ccc(N3CCOCC3)cc2)cc(-c2cccc(OC(F)(F)F)c2)n1. The number of halogens is 3. The largest absolute Gasteiger partial charge is 0.573 e. The molecule has 0 atom stereocenters. The lowest BCUT2D eigenvalue weighted by Gasteiger charge is -2.28. The summed E-state index contributed by atoms with van der Waals surface area (Å²) in [5.74, 6) is 0.519. The Kier molecular flexibility index (Phi) is 6.31. The summed E-state index contributed by atoms with van der Waals surface area (Å²) in [6.07, 6.45) is -4.76. The number of rotatable bonds is 6. The highest BCUT2D eigenvalue weighted by Gasteiger charge is 2.31. The lowest BCUT2D eigenvalue weighted by atomic mass is 10.1. The molecule has 10 heteroatoms. The summed E-state index contributed by atoms with van der Waals surface area (Å²) in [4.78, 5) is 11.0. The van der Waals surface area contributed by atoms with Crippen molar-refractivity contribution in [3.63, 3.8) is 0 Å². The Morgan fingerprint density at radius 1 is 1.00 bits per heavy atom. The van der Waals surface area contributed by atoms with Crippen LogP contribution in [0.3, 0.4) is 0 Å². The zero-order valence-electron chi connectivity index (χ0n) is 17.3. The Hall–Kier alpha value is -3.53. The van der Waals surface area contributed by atoms with Crippen LogP contribution >= 0.6 is 0 Å². The summed E-state index contributed by atoms with van der Waals surface area (Å²) < 4.78 is 47.1. The Bertz CT molecular complexity index is 1050. The minimum Gasteiger partial charge on any atom is -0.406 e. The summed E-state index contributed by atoms with van der Waals surface area (Å²) in [6, 6.07) is 15.3. The van der Waals surface area contributed by atoms with Crippen molar-refractivity contribution in [2.24, 2.45) is 0 Å². The van der Waals surface area contributed by atoms with Crippen molar-refractivity contribution >= 4 is 23.1 Å². The number of hydrogen-bond donors (Lipinski definition) is 2. The molecule has 0 spiro atoms. The van der Waals surface area contributed by atoms with Crippen LogP contribution in [0.15, 0.2) is 54.6 Å². The molecular weight excluding hydrogens is 423 g/mol. The first kappa shape index (κ1) is 21.7. The molecule has 0 amide bonds. The lowest BCUT2D eigenvalue weighted by molar-refractivity contribution is -0.274. The van der Waals surface area contributed by atoms with Gasteiger partial charge in [0.2, 0.25) is 5.95 Å². The topological polar surface area (TPSA) is 71.5 Å². The highest BCUT2D eigenvalue weighted by Crippen LogP contribution is 2.29. The lowest BCUT2D eigenvalue weighted by Crippen LogP contribution is -2.36. The van der Waals surface area contributed by atoms with E-state index in [9.17, 15) is 13.2 Å². The van der Waals surface area contributed by atoms with E-state index in [1.54, 1.807) is 19.2 Å². The molecule has 1 aliphatic rings. The second-order valence-electron chi connectivity index (χ2n) is 7.06. The van der Waals surface area contributed by atoms with Crippen LogP contribution < -0.4 is 20.3 Å². The number of benzene rings is 2. The molecule has 4 rings (SSSR count). The zero-order valence-corrected chi connectivity index (χ0v) is 17.3. The van der Waals surface area contributed by atoms with E-state index in [-0.39, 0.29) is 5.75 Å². The van der Waals surface area contributed by atoms with Crippen molar-refractivity contribution < 1.29 is 22.6 Å². The van der Waals surface area contributed by atoms with Gasteiger partial charge in [0.25, 0.3) is 0 Å². The number of hydrogen-bond acceptors (Lipinski definition) is 7. The third-order valence-corrected chi connectivity index (χ3v) is 4.83.